The zero-order valence-electron chi connectivity index (χ0n) is 20.7. The summed E-state index contributed by atoms with van der Waals surface area (Å²) >= 11 is 6.46. The fourth-order valence-corrected chi connectivity index (χ4v) is 5.77. The summed E-state index contributed by atoms with van der Waals surface area (Å²) in [5.41, 5.74) is 3.23. The average Bonchev–Trinajstić information content (AvgIpc) is 3.20. The Hall–Kier alpha value is -2.26. The highest BCUT2D eigenvalue weighted by molar-refractivity contribution is 6.32. The number of halogens is 1. The molecule has 3 aliphatic rings. The lowest BCUT2D eigenvalue weighted by atomic mass is 9.87. The molecule has 1 atom stereocenters. The number of anilines is 1. The Morgan fingerprint density at radius 1 is 1.17 bits per heavy atom. The Labute approximate surface area is 217 Å². The number of aliphatic hydroxyl groups is 1. The molecule has 1 amide bonds. The van der Waals surface area contributed by atoms with Crippen LogP contribution in [0.5, 0.6) is 0 Å². The molecule has 1 unspecified atom stereocenters. The normalized spacial score (nSPS) is 21.3. The van der Waals surface area contributed by atoms with Gasteiger partial charge < -0.3 is 20.5 Å². The third-order valence-electron chi connectivity index (χ3n) is 7.66. The molecule has 1 saturated heterocycles. The number of benzene rings is 1. The monoisotopic (exact) mass is 513 g/mol. The number of hydrogen-bond acceptors (Lipinski definition) is 7. The van der Waals surface area contributed by atoms with Gasteiger partial charge in [0.15, 0.2) is 0 Å². The SMILES string of the molecule is O=C(CN1Cc2ccc(-c3nc(NC4CCOCC4)ncc3Cl)cc2C1O)NCCC1CCCCC1. The molecule has 9 heteroatoms. The van der Waals surface area contributed by atoms with Gasteiger partial charge in [-0.25, -0.2) is 9.97 Å². The van der Waals surface area contributed by atoms with Crippen molar-refractivity contribution in [1.29, 1.82) is 0 Å². The first-order valence-electron chi connectivity index (χ1n) is 13.3. The van der Waals surface area contributed by atoms with Gasteiger partial charge in [0.25, 0.3) is 0 Å². The molecular formula is C27H36ClN5O3. The number of ether oxygens (including phenoxy) is 1. The van der Waals surface area contributed by atoms with Gasteiger partial charge in [-0.1, -0.05) is 55.8 Å². The molecule has 3 N–H and O–H groups in total. The lowest BCUT2D eigenvalue weighted by Gasteiger charge is -2.23. The van der Waals surface area contributed by atoms with E-state index >= 15 is 0 Å². The van der Waals surface area contributed by atoms with Crippen LogP contribution in [-0.4, -0.2) is 58.2 Å². The topological polar surface area (TPSA) is 99.6 Å². The van der Waals surface area contributed by atoms with Gasteiger partial charge in [0, 0.05) is 43.5 Å². The molecule has 2 fully saturated rings. The van der Waals surface area contributed by atoms with E-state index in [1.165, 1.54) is 32.1 Å². The Morgan fingerprint density at radius 3 is 2.78 bits per heavy atom. The third-order valence-corrected chi connectivity index (χ3v) is 7.94. The Bertz CT molecular complexity index is 1060. The van der Waals surface area contributed by atoms with Gasteiger partial charge >= 0.3 is 0 Å². The Kier molecular flexibility index (Phi) is 8.36. The van der Waals surface area contributed by atoms with E-state index in [1.807, 2.05) is 18.2 Å². The number of fused-ring (bicyclic) bond motifs is 1. The molecule has 0 radical (unpaired) electrons. The minimum atomic E-state index is -0.843. The van der Waals surface area contributed by atoms with Crippen LogP contribution in [0.15, 0.2) is 24.4 Å². The van der Waals surface area contributed by atoms with Gasteiger partial charge in [0.1, 0.15) is 6.23 Å². The zero-order valence-corrected chi connectivity index (χ0v) is 21.5. The summed E-state index contributed by atoms with van der Waals surface area (Å²) in [5.74, 6) is 1.23. The number of aromatic nitrogens is 2. The lowest BCUT2D eigenvalue weighted by Crippen LogP contribution is -2.37. The van der Waals surface area contributed by atoms with Crippen LogP contribution in [0.25, 0.3) is 11.3 Å². The van der Waals surface area contributed by atoms with E-state index in [4.69, 9.17) is 16.3 Å². The number of carbonyl (C=O) groups excluding carboxylic acids is 1. The standard InChI is InChI=1S/C27H36ClN5O3/c28-23-15-30-27(31-21-9-12-36-13-10-21)32-25(23)19-6-7-20-16-33(26(35)22(20)14-19)17-24(34)29-11-8-18-4-2-1-3-5-18/h6-7,14-15,18,21,26,35H,1-5,8-13,16-17H2,(H,29,34)(H,30,31,32). The molecular weight excluding hydrogens is 478 g/mol. The number of carbonyl (C=O) groups is 1. The number of aliphatic hydroxyl groups excluding tert-OH is 1. The summed E-state index contributed by atoms with van der Waals surface area (Å²) in [5, 5.41) is 17.9. The highest BCUT2D eigenvalue weighted by Crippen LogP contribution is 2.36. The average molecular weight is 514 g/mol. The van der Waals surface area contributed by atoms with Crippen molar-refractivity contribution in [3.8, 4) is 11.3 Å². The second-order valence-corrected chi connectivity index (χ2v) is 10.7. The smallest absolute Gasteiger partial charge is 0.234 e. The van der Waals surface area contributed by atoms with Crippen LogP contribution in [0.3, 0.4) is 0 Å². The first kappa shape index (κ1) is 25.4. The predicted octanol–water partition coefficient (Wildman–Crippen LogP) is 4.28. The second-order valence-electron chi connectivity index (χ2n) is 10.3. The van der Waals surface area contributed by atoms with Crippen LogP contribution < -0.4 is 10.6 Å². The third kappa shape index (κ3) is 6.17. The lowest BCUT2D eigenvalue weighted by molar-refractivity contribution is -0.125. The summed E-state index contributed by atoms with van der Waals surface area (Å²) in [6.07, 6.45) is 10.2. The van der Waals surface area contributed by atoms with E-state index in [9.17, 15) is 9.90 Å². The van der Waals surface area contributed by atoms with Crippen LogP contribution in [-0.2, 0) is 16.1 Å². The van der Waals surface area contributed by atoms with Gasteiger partial charge in [0.2, 0.25) is 11.9 Å². The van der Waals surface area contributed by atoms with Gasteiger partial charge in [0.05, 0.1) is 23.5 Å². The van der Waals surface area contributed by atoms with Gasteiger partial charge in [-0.05, 0) is 36.8 Å². The summed E-state index contributed by atoms with van der Waals surface area (Å²) in [6.45, 7) is 2.87. The van der Waals surface area contributed by atoms with Crippen molar-refractivity contribution in [2.45, 2.75) is 70.2 Å². The zero-order chi connectivity index (χ0) is 24.9. The van der Waals surface area contributed by atoms with E-state index in [1.54, 1.807) is 11.1 Å². The molecule has 2 aliphatic heterocycles. The van der Waals surface area contributed by atoms with E-state index in [0.717, 1.165) is 55.1 Å². The maximum Gasteiger partial charge on any atom is 0.234 e. The fraction of sp³-hybridized carbons (Fsp3) is 0.593. The van der Waals surface area contributed by atoms with Crippen molar-refractivity contribution >= 4 is 23.5 Å². The van der Waals surface area contributed by atoms with Crippen molar-refractivity contribution in [1.82, 2.24) is 20.2 Å². The van der Waals surface area contributed by atoms with Crippen LogP contribution in [0, 0.1) is 5.92 Å². The molecule has 5 rings (SSSR count). The molecule has 36 heavy (non-hydrogen) atoms. The minimum absolute atomic E-state index is 0.0411. The van der Waals surface area contributed by atoms with E-state index in [0.29, 0.717) is 29.8 Å². The van der Waals surface area contributed by atoms with E-state index < -0.39 is 6.23 Å². The molecule has 8 nitrogen and oxygen atoms in total. The molecule has 194 valence electrons. The first-order valence-corrected chi connectivity index (χ1v) is 13.6. The molecule has 1 aliphatic carbocycles. The minimum Gasteiger partial charge on any atom is -0.381 e. The summed E-state index contributed by atoms with van der Waals surface area (Å²) in [6, 6.07) is 6.15. The van der Waals surface area contributed by atoms with Crippen molar-refractivity contribution < 1.29 is 14.6 Å². The predicted molar refractivity (Wildman–Crippen MR) is 140 cm³/mol. The Morgan fingerprint density at radius 2 is 1.97 bits per heavy atom. The maximum absolute atomic E-state index is 12.6. The highest BCUT2D eigenvalue weighted by Gasteiger charge is 2.30. The number of nitrogens with zero attached hydrogens (tertiary/aromatic N) is 3. The quantitative estimate of drug-likeness (QED) is 0.484. The number of rotatable bonds is 8. The Balaban J connectivity index is 1.20. The van der Waals surface area contributed by atoms with Crippen molar-refractivity contribution in [3.05, 3.63) is 40.5 Å². The van der Waals surface area contributed by atoms with Crippen LogP contribution >= 0.6 is 11.6 Å². The molecule has 3 heterocycles. The number of hydrogen-bond donors (Lipinski definition) is 3. The highest BCUT2D eigenvalue weighted by atomic mass is 35.5. The van der Waals surface area contributed by atoms with Crippen LogP contribution in [0.2, 0.25) is 5.02 Å². The fourth-order valence-electron chi connectivity index (χ4n) is 5.57. The summed E-state index contributed by atoms with van der Waals surface area (Å²) in [7, 11) is 0. The molecule has 1 saturated carbocycles. The number of amides is 1. The number of nitrogens with one attached hydrogen (secondary N) is 2. The van der Waals surface area contributed by atoms with Gasteiger partial charge in [-0.2, -0.15) is 0 Å². The molecule has 2 aromatic rings. The van der Waals surface area contributed by atoms with Gasteiger partial charge in [-0.3, -0.25) is 9.69 Å². The largest absolute Gasteiger partial charge is 0.381 e. The molecule has 0 bridgehead atoms. The van der Waals surface area contributed by atoms with Crippen LogP contribution in [0.4, 0.5) is 5.95 Å². The summed E-state index contributed by atoms with van der Waals surface area (Å²) in [4.78, 5) is 23.4. The van der Waals surface area contributed by atoms with Crippen molar-refractivity contribution in [2.24, 2.45) is 5.92 Å². The molecule has 1 aromatic carbocycles. The summed E-state index contributed by atoms with van der Waals surface area (Å²) < 4.78 is 5.42. The molecule has 0 spiro atoms. The van der Waals surface area contributed by atoms with Gasteiger partial charge in [-0.15, -0.1) is 0 Å². The van der Waals surface area contributed by atoms with E-state index in [2.05, 4.69) is 20.6 Å². The van der Waals surface area contributed by atoms with Crippen molar-refractivity contribution in [2.75, 3.05) is 31.6 Å². The van der Waals surface area contributed by atoms with Crippen LogP contribution in [0.1, 0.15) is 68.7 Å². The first-order chi connectivity index (χ1) is 17.6. The van der Waals surface area contributed by atoms with Crippen molar-refractivity contribution in [3.63, 3.8) is 0 Å². The molecule has 1 aromatic heterocycles. The second kappa shape index (κ2) is 11.9. The maximum atomic E-state index is 12.6. The van der Waals surface area contributed by atoms with E-state index in [-0.39, 0.29) is 18.5 Å².